The predicted molar refractivity (Wildman–Crippen MR) is 125 cm³/mol. The smallest absolute Gasteiger partial charge is 0.390 e. The van der Waals surface area contributed by atoms with Gasteiger partial charge in [-0.15, -0.1) is 0 Å². The minimum atomic E-state index is -4.71. The molecule has 12 heteroatoms. The summed E-state index contributed by atoms with van der Waals surface area (Å²) in [6.07, 6.45) is -2.03. The number of halogens is 4. The first-order valence-corrected chi connectivity index (χ1v) is 11.9. The first kappa shape index (κ1) is 24.5. The average molecular weight is 521 g/mol. The molecule has 2 aliphatic rings. The second-order valence-corrected chi connectivity index (χ2v) is 9.59. The van der Waals surface area contributed by atoms with E-state index in [2.05, 4.69) is 10.4 Å². The highest BCUT2D eigenvalue weighted by atomic mass is 32.2. The van der Waals surface area contributed by atoms with Crippen LogP contribution in [0.1, 0.15) is 23.1 Å². The number of fused-ring (bicyclic) bond motifs is 1. The van der Waals surface area contributed by atoms with Crippen LogP contribution in [0.25, 0.3) is 17.0 Å². The van der Waals surface area contributed by atoms with E-state index in [1.165, 1.54) is 10.9 Å². The van der Waals surface area contributed by atoms with E-state index in [1.54, 1.807) is 24.3 Å². The normalized spacial score (nSPS) is 22.2. The van der Waals surface area contributed by atoms with Gasteiger partial charge in [0.15, 0.2) is 0 Å². The van der Waals surface area contributed by atoms with E-state index >= 15 is 0 Å². The lowest BCUT2D eigenvalue weighted by molar-refractivity contribution is -0.138. The van der Waals surface area contributed by atoms with Crippen molar-refractivity contribution in [1.82, 2.24) is 20.0 Å². The van der Waals surface area contributed by atoms with Gasteiger partial charge in [-0.1, -0.05) is 12.1 Å². The fourth-order valence-corrected chi connectivity index (χ4v) is 5.37. The van der Waals surface area contributed by atoms with Crippen LogP contribution < -0.4 is 5.32 Å². The van der Waals surface area contributed by atoms with Crippen LogP contribution in [0.2, 0.25) is 0 Å². The van der Waals surface area contributed by atoms with Crippen LogP contribution in [0, 0.1) is 5.82 Å². The molecule has 1 unspecified atom stereocenters. The number of nitrogens with one attached hydrogen (secondary N) is 1. The summed E-state index contributed by atoms with van der Waals surface area (Å²) in [5.74, 6) is -1.44. The first-order chi connectivity index (χ1) is 17.1. The summed E-state index contributed by atoms with van der Waals surface area (Å²) in [7, 11) is 0. The number of benzene rings is 2. The number of aliphatic hydroxyl groups is 1. The zero-order chi connectivity index (χ0) is 25.6. The van der Waals surface area contributed by atoms with Crippen LogP contribution in [0.5, 0.6) is 0 Å². The number of piperidine rings is 1. The number of alkyl halides is 3. The molecule has 36 heavy (non-hydrogen) atoms. The van der Waals surface area contributed by atoms with Crippen molar-refractivity contribution in [2.75, 3.05) is 13.1 Å². The average Bonchev–Trinajstić information content (AvgIpc) is 3.34. The summed E-state index contributed by atoms with van der Waals surface area (Å²) >= 11 is 0.799. The number of aromatic nitrogens is 2. The van der Waals surface area contributed by atoms with Crippen LogP contribution in [0.15, 0.2) is 47.5 Å². The van der Waals surface area contributed by atoms with Crippen molar-refractivity contribution in [2.24, 2.45) is 0 Å². The highest BCUT2D eigenvalue weighted by Crippen LogP contribution is 2.36. The van der Waals surface area contributed by atoms with Crippen LogP contribution in [0.4, 0.5) is 22.4 Å². The minimum absolute atomic E-state index is 0.119. The van der Waals surface area contributed by atoms with Crippen LogP contribution in [0.3, 0.4) is 0 Å². The van der Waals surface area contributed by atoms with E-state index in [-0.39, 0.29) is 17.0 Å². The summed E-state index contributed by atoms with van der Waals surface area (Å²) in [5, 5.41) is 17.6. The molecule has 0 saturated carbocycles. The van der Waals surface area contributed by atoms with Crippen molar-refractivity contribution in [3.63, 3.8) is 0 Å². The molecule has 0 aliphatic carbocycles. The highest BCUT2D eigenvalue weighted by Gasteiger charge is 2.43. The third-order valence-corrected chi connectivity index (χ3v) is 7.11. The molecule has 0 spiro atoms. The lowest BCUT2D eigenvalue weighted by Gasteiger charge is -2.33. The molecule has 2 atom stereocenters. The van der Waals surface area contributed by atoms with E-state index in [4.69, 9.17) is 0 Å². The van der Waals surface area contributed by atoms with Gasteiger partial charge in [0, 0.05) is 11.9 Å². The molecule has 3 heterocycles. The van der Waals surface area contributed by atoms with E-state index in [1.807, 2.05) is 0 Å². The van der Waals surface area contributed by atoms with E-state index in [9.17, 15) is 32.3 Å². The van der Waals surface area contributed by atoms with Crippen LogP contribution in [-0.2, 0) is 17.5 Å². The van der Waals surface area contributed by atoms with Gasteiger partial charge < -0.3 is 10.4 Å². The molecule has 3 aromatic rings. The number of carbonyl (C=O) groups excluding carboxylic acids is 2. The Morgan fingerprint density at radius 1 is 1.19 bits per heavy atom. The molecule has 0 bridgehead atoms. The maximum atomic E-state index is 13.4. The Bertz CT molecular complexity index is 1390. The Kier molecular flexibility index (Phi) is 6.35. The molecule has 7 nitrogen and oxygen atoms in total. The van der Waals surface area contributed by atoms with Gasteiger partial charge in [0.1, 0.15) is 5.82 Å². The number of imide groups is 1. The maximum absolute atomic E-state index is 13.4. The largest absolute Gasteiger partial charge is 0.416 e. The third kappa shape index (κ3) is 4.63. The Morgan fingerprint density at radius 2 is 2.00 bits per heavy atom. The van der Waals surface area contributed by atoms with Crippen molar-refractivity contribution in [2.45, 2.75) is 31.3 Å². The summed E-state index contributed by atoms with van der Waals surface area (Å²) in [4.78, 5) is 26.8. The van der Waals surface area contributed by atoms with Gasteiger partial charge in [-0.2, -0.15) is 18.3 Å². The molecule has 188 valence electrons. The molecule has 1 aromatic heterocycles. The van der Waals surface area contributed by atoms with Crippen molar-refractivity contribution < 1.29 is 32.3 Å². The Hall–Kier alpha value is -3.22. The van der Waals surface area contributed by atoms with Crippen molar-refractivity contribution in [3.8, 4) is 0 Å². The molecule has 5 rings (SSSR count). The zero-order valence-electron chi connectivity index (χ0n) is 18.6. The standard InChI is InChI=1S/C24H20F4N4O3S/c25-16-3-2-14(17(9-16)24(26,27)28)12-31-18-4-1-13(7-15(18)10-30-31)8-21-22(34)32(23(35)36-21)19-5-6-29-11-20(19)33/h1-4,7-10,19-20,29,33H,5-6,11-12H2/b21-8-/t19?,20-/m0/s1. The number of hydrogen-bond acceptors (Lipinski definition) is 6. The van der Waals surface area contributed by atoms with Gasteiger partial charge in [-0.05, 0) is 66.2 Å². The number of hydrogen-bond donors (Lipinski definition) is 2. The van der Waals surface area contributed by atoms with Gasteiger partial charge in [0.25, 0.3) is 11.1 Å². The summed E-state index contributed by atoms with van der Waals surface area (Å²) in [6.45, 7) is 0.676. The maximum Gasteiger partial charge on any atom is 0.416 e. The Balaban J connectivity index is 1.40. The van der Waals surface area contributed by atoms with Crippen molar-refractivity contribution in [1.29, 1.82) is 0 Å². The number of nitrogens with zero attached hydrogens (tertiary/aromatic N) is 3. The molecule has 2 fully saturated rings. The molecule has 2 amide bonds. The zero-order valence-corrected chi connectivity index (χ0v) is 19.4. The number of thioether (sulfide) groups is 1. The molecular weight excluding hydrogens is 500 g/mol. The first-order valence-electron chi connectivity index (χ1n) is 11.1. The third-order valence-electron chi connectivity index (χ3n) is 6.23. The van der Waals surface area contributed by atoms with E-state index < -0.39 is 40.8 Å². The van der Waals surface area contributed by atoms with Gasteiger partial charge in [0.2, 0.25) is 0 Å². The molecule has 2 saturated heterocycles. The highest BCUT2D eigenvalue weighted by molar-refractivity contribution is 8.18. The van der Waals surface area contributed by atoms with Crippen molar-refractivity contribution >= 4 is 39.9 Å². The summed E-state index contributed by atoms with van der Waals surface area (Å²) < 4.78 is 54.9. The van der Waals surface area contributed by atoms with Gasteiger partial charge in [0.05, 0.1) is 40.9 Å². The lowest BCUT2D eigenvalue weighted by Crippen LogP contribution is -2.54. The molecule has 2 aromatic carbocycles. The fourth-order valence-electron chi connectivity index (χ4n) is 4.48. The molecular formula is C24H20F4N4O3S. The van der Waals surface area contributed by atoms with Gasteiger partial charge in [-0.25, -0.2) is 4.39 Å². The lowest BCUT2D eigenvalue weighted by atomic mass is 10.0. The minimum Gasteiger partial charge on any atom is -0.390 e. The summed E-state index contributed by atoms with van der Waals surface area (Å²) in [5.41, 5.74) is -0.0178. The molecule has 0 radical (unpaired) electrons. The second-order valence-electron chi connectivity index (χ2n) is 8.60. The Labute approximate surface area is 206 Å². The van der Waals surface area contributed by atoms with Crippen LogP contribution >= 0.6 is 11.8 Å². The van der Waals surface area contributed by atoms with E-state index in [0.717, 1.165) is 28.8 Å². The molecule has 2 N–H and O–H groups in total. The van der Waals surface area contributed by atoms with E-state index in [0.29, 0.717) is 42.0 Å². The number of β-amino-alcohol motifs (C(OH)–C–C–N with tert-alkyl or cyclic N) is 1. The fraction of sp³-hybridized carbons (Fsp3) is 0.292. The topological polar surface area (TPSA) is 87.5 Å². The Morgan fingerprint density at radius 3 is 2.75 bits per heavy atom. The van der Waals surface area contributed by atoms with Crippen molar-refractivity contribution in [3.05, 3.63) is 70.0 Å². The molecule has 2 aliphatic heterocycles. The number of carbonyl (C=O) groups is 2. The van der Waals surface area contributed by atoms with Gasteiger partial charge >= 0.3 is 6.18 Å². The van der Waals surface area contributed by atoms with Crippen LogP contribution in [-0.4, -0.2) is 56.2 Å². The SMILES string of the molecule is O=C1S/C(=C\c2ccc3c(cnn3Cc3ccc(F)cc3C(F)(F)F)c2)C(=O)N1C1CCNC[C@@H]1O. The summed E-state index contributed by atoms with van der Waals surface area (Å²) in [6, 6.07) is 6.99. The quantitative estimate of drug-likeness (QED) is 0.400. The predicted octanol–water partition coefficient (Wildman–Crippen LogP) is 4.00. The number of rotatable bonds is 4. The second kappa shape index (κ2) is 9.34. The monoisotopic (exact) mass is 520 g/mol. The number of aliphatic hydroxyl groups excluding tert-OH is 1. The number of amides is 2. The van der Waals surface area contributed by atoms with Gasteiger partial charge in [-0.3, -0.25) is 19.2 Å².